The zero-order valence-corrected chi connectivity index (χ0v) is 14.8. The van der Waals surface area contributed by atoms with E-state index in [4.69, 9.17) is 16.3 Å². The second kappa shape index (κ2) is 7.30. The van der Waals surface area contributed by atoms with Crippen molar-refractivity contribution >= 4 is 27.5 Å². The first-order valence-corrected chi connectivity index (χ1v) is 7.98. The summed E-state index contributed by atoms with van der Waals surface area (Å²) in [6, 6.07) is 12.4. The van der Waals surface area contributed by atoms with Gasteiger partial charge in [0.1, 0.15) is 5.75 Å². The second-order valence-electron chi connectivity index (χ2n) is 5.02. The largest absolute Gasteiger partial charge is 0.496 e. The minimum Gasteiger partial charge on any atom is -0.496 e. The van der Waals surface area contributed by atoms with Crippen LogP contribution in [0.25, 0.3) is 0 Å². The Hall–Kier alpha value is -1.03. The van der Waals surface area contributed by atoms with Crippen molar-refractivity contribution < 1.29 is 4.74 Å². The summed E-state index contributed by atoms with van der Waals surface area (Å²) in [5.41, 5.74) is 3.71. The Labute approximate surface area is 139 Å². The maximum absolute atomic E-state index is 6.13. The highest BCUT2D eigenvalue weighted by atomic mass is 79.9. The van der Waals surface area contributed by atoms with Crippen molar-refractivity contribution in [2.45, 2.75) is 19.4 Å². The van der Waals surface area contributed by atoms with Crippen LogP contribution in [-0.2, 0) is 6.42 Å². The van der Waals surface area contributed by atoms with Crippen LogP contribution in [0, 0.1) is 6.92 Å². The van der Waals surface area contributed by atoms with Crippen molar-refractivity contribution in [2.24, 2.45) is 0 Å². The average molecular weight is 369 g/mol. The summed E-state index contributed by atoms with van der Waals surface area (Å²) >= 11 is 9.67. The number of hydrogen-bond donors (Lipinski definition) is 1. The van der Waals surface area contributed by atoms with Crippen LogP contribution < -0.4 is 10.1 Å². The first-order valence-electron chi connectivity index (χ1n) is 6.81. The maximum Gasteiger partial charge on any atom is 0.133 e. The van der Waals surface area contributed by atoms with E-state index in [1.54, 1.807) is 7.11 Å². The van der Waals surface area contributed by atoms with Gasteiger partial charge < -0.3 is 10.1 Å². The van der Waals surface area contributed by atoms with Gasteiger partial charge in [-0.05, 0) is 77.3 Å². The van der Waals surface area contributed by atoms with Crippen LogP contribution in [0.15, 0.2) is 40.9 Å². The molecule has 0 aliphatic carbocycles. The minimum atomic E-state index is 0.226. The van der Waals surface area contributed by atoms with Gasteiger partial charge in [-0.1, -0.05) is 23.7 Å². The fourth-order valence-corrected chi connectivity index (χ4v) is 3.20. The van der Waals surface area contributed by atoms with E-state index < -0.39 is 0 Å². The van der Waals surface area contributed by atoms with Gasteiger partial charge in [-0.15, -0.1) is 0 Å². The molecular formula is C17H19BrClNO. The fraction of sp³-hybridized carbons (Fsp3) is 0.294. The molecule has 0 bridgehead atoms. The van der Waals surface area contributed by atoms with E-state index in [1.165, 1.54) is 16.7 Å². The lowest BCUT2D eigenvalue weighted by molar-refractivity contribution is 0.412. The van der Waals surface area contributed by atoms with Crippen LogP contribution >= 0.6 is 27.5 Å². The minimum absolute atomic E-state index is 0.226. The van der Waals surface area contributed by atoms with Gasteiger partial charge >= 0.3 is 0 Å². The molecule has 21 heavy (non-hydrogen) atoms. The molecule has 0 aliphatic rings. The van der Waals surface area contributed by atoms with Gasteiger partial charge in [0.2, 0.25) is 0 Å². The molecule has 0 saturated heterocycles. The molecule has 0 fully saturated rings. The van der Waals surface area contributed by atoms with Crippen molar-refractivity contribution in [3.63, 3.8) is 0 Å². The van der Waals surface area contributed by atoms with Gasteiger partial charge in [-0.2, -0.15) is 0 Å². The lowest BCUT2D eigenvalue weighted by Crippen LogP contribution is -2.19. The van der Waals surface area contributed by atoms with Crippen molar-refractivity contribution in [3.05, 3.63) is 62.6 Å². The van der Waals surface area contributed by atoms with Gasteiger partial charge in [0.25, 0.3) is 0 Å². The zero-order chi connectivity index (χ0) is 15.4. The Morgan fingerprint density at radius 3 is 2.62 bits per heavy atom. The van der Waals surface area contributed by atoms with Crippen LogP contribution in [0.4, 0.5) is 0 Å². The fourth-order valence-electron chi connectivity index (χ4n) is 2.43. The van der Waals surface area contributed by atoms with E-state index in [9.17, 15) is 0 Å². The van der Waals surface area contributed by atoms with Gasteiger partial charge in [-0.25, -0.2) is 0 Å². The van der Waals surface area contributed by atoms with E-state index in [0.717, 1.165) is 21.7 Å². The molecule has 0 amide bonds. The summed E-state index contributed by atoms with van der Waals surface area (Å²) in [5, 5.41) is 4.15. The Bertz CT molecular complexity index is 630. The van der Waals surface area contributed by atoms with E-state index in [2.05, 4.69) is 46.4 Å². The molecule has 2 aromatic rings. The van der Waals surface area contributed by atoms with Crippen molar-refractivity contribution in [2.75, 3.05) is 14.2 Å². The monoisotopic (exact) mass is 367 g/mol. The third kappa shape index (κ3) is 4.00. The molecule has 2 nitrogen and oxygen atoms in total. The van der Waals surface area contributed by atoms with Crippen LogP contribution in [0.1, 0.15) is 22.7 Å². The predicted octanol–water partition coefficient (Wildman–Crippen LogP) is 4.92. The molecule has 2 aromatic carbocycles. The Balaban J connectivity index is 2.26. The molecule has 1 N–H and O–H groups in total. The lowest BCUT2D eigenvalue weighted by atomic mass is 9.95. The number of ether oxygens (including phenoxy) is 1. The van der Waals surface area contributed by atoms with Gasteiger partial charge in [0.15, 0.2) is 0 Å². The SMILES string of the molecule is CNC(Cc1ccc(OC)c(Br)c1)c1cc(Cl)ccc1C. The predicted molar refractivity (Wildman–Crippen MR) is 92.4 cm³/mol. The quantitative estimate of drug-likeness (QED) is 0.808. The summed E-state index contributed by atoms with van der Waals surface area (Å²) in [4.78, 5) is 0. The van der Waals surface area contributed by atoms with E-state index >= 15 is 0 Å². The Morgan fingerprint density at radius 1 is 1.24 bits per heavy atom. The first kappa shape index (κ1) is 16.3. The molecule has 0 aliphatic heterocycles. The number of benzene rings is 2. The number of halogens is 2. The van der Waals surface area contributed by atoms with E-state index in [0.29, 0.717) is 0 Å². The summed E-state index contributed by atoms with van der Waals surface area (Å²) in [6.45, 7) is 2.11. The number of nitrogens with one attached hydrogen (secondary N) is 1. The highest BCUT2D eigenvalue weighted by Crippen LogP contribution is 2.29. The molecule has 0 radical (unpaired) electrons. The Kier molecular flexibility index (Phi) is 5.68. The van der Waals surface area contributed by atoms with Crippen molar-refractivity contribution in [1.29, 1.82) is 0 Å². The Morgan fingerprint density at radius 2 is 2.00 bits per heavy atom. The third-order valence-electron chi connectivity index (χ3n) is 3.62. The van der Waals surface area contributed by atoms with Gasteiger partial charge in [0, 0.05) is 11.1 Å². The topological polar surface area (TPSA) is 21.3 Å². The molecule has 0 saturated carbocycles. The molecule has 1 unspecified atom stereocenters. The molecule has 4 heteroatoms. The molecule has 0 aromatic heterocycles. The summed E-state index contributed by atoms with van der Waals surface area (Å²) < 4.78 is 6.24. The van der Waals surface area contributed by atoms with Crippen molar-refractivity contribution in [1.82, 2.24) is 5.32 Å². The van der Waals surface area contributed by atoms with Crippen LogP contribution in [0.5, 0.6) is 5.75 Å². The summed E-state index contributed by atoms with van der Waals surface area (Å²) in [5.74, 6) is 0.846. The summed E-state index contributed by atoms with van der Waals surface area (Å²) in [7, 11) is 3.65. The molecular weight excluding hydrogens is 350 g/mol. The number of rotatable bonds is 5. The van der Waals surface area contributed by atoms with Gasteiger partial charge in [-0.3, -0.25) is 0 Å². The maximum atomic E-state index is 6.13. The second-order valence-corrected chi connectivity index (χ2v) is 6.31. The molecule has 112 valence electrons. The number of methoxy groups -OCH3 is 1. The number of likely N-dealkylation sites (N-methyl/N-ethyl adjacent to an activating group) is 1. The molecule has 0 spiro atoms. The zero-order valence-electron chi connectivity index (χ0n) is 12.4. The third-order valence-corrected chi connectivity index (χ3v) is 4.48. The van der Waals surface area contributed by atoms with Crippen LogP contribution in [0.3, 0.4) is 0 Å². The molecule has 1 atom stereocenters. The smallest absolute Gasteiger partial charge is 0.133 e. The molecule has 0 heterocycles. The normalized spacial score (nSPS) is 12.2. The molecule has 2 rings (SSSR count). The lowest BCUT2D eigenvalue weighted by Gasteiger charge is -2.20. The average Bonchev–Trinajstić information content (AvgIpc) is 2.47. The van der Waals surface area contributed by atoms with Crippen LogP contribution in [0.2, 0.25) is 5.02 Å². The first-order chi connectivity index (χ1) is 10.0. The van der Waals surface area contributed by atoms with E-state index in [1.807, 2.05) is 25.2 Å². The van der Waals surface area contributed by atoms with E-state index in [-0.39, 0.29) is 6.04 Å². The summed E-state index contributed by atoms with van der Waals surface area (Å²) in [6.07, 6.45) is 0.889. The highest BCUT2D eigenvalue weighted by Gasteiger charge is 2.14. The number of aryl methyl sites for hydroxylation is 1. The van der Waals surface area contributed by atoms with Crippen molar-refractivity contribution in [3.8, 4) is 5.75 Å². The standard InChI is InChI=1S/C17H19BrClNO/c1-11-4-6-13(19)10-14(11)16(20-2)9-12-5-7-17(21-3)15(18)8-12/h4-8,10,16,20H,9H2,1-3H3. The van der Waals surface area contributed by atoms with Gasteiger partial charge in [0.05, 0.1) is 11.6 Å². The number of hydrogen-bond acceptors (Lipinski definition) is 2. The van der Waals surface area contributed by atoms with Crippen LogP contribution in [-0.4, -0.2) is 14.2 Å². The highest BCUT2D eigenvalue weighted by molar-refractivity contribution is 9.10.